The van der Waals surface area contributed by atoms with Crippen LogP contribution < -0.4 is 10.6 Å². The van der Waals surface area contributed by atoms with Crippen molar-refractivity contribution in [2.45, 2.75) is 32.5 Å². The molecule has 0 atom stereocenters. The number of rotatable bonds is 3. The molecule has 128 valence electrons. The molecule has 0 unspecified atom stereocenters. The van der Waals surface area contributed by atoms with E-state index in [1.807, 2.05) is 20.8 Å². The average molecular weight is 338 g/mol. The molecule has 8 heteroatoms. The van der Waals surface area contributed by atoms with E-state index in [2.05, 4.69) is 20.8 Å². The Morgan fingerprint density at radius 2 is 1.67 bits per heavy atom. The number of halogens is 3. The zero-order valence-electron chi connectivity index (χ0n) is 13.4. The van der Waals surface area contributed by atoms with E-state index in [1.54, 1.807) is 6.07 Å². The highest BCUT2D eigenvalue weighted by atomic mass is 19.4. The molecule has 0 aliphatic rings. The van der Waals surface area contributed by atoms with Crippen LogP contribution in [0.1, 0.15) is 36.8 Å². The molecule has 2 aromatic rings. The van der Waals surface area contributed by atoms with E-state index in [-0.39, 0.29) is 16.9 Å². The Labute approximate surface area is 137 Å². The molecule has 1 aromatic carbocycles. The van der Waals surface area contributed by atoms with Crippen molar-refractivity contribution in [3.63, 3.8) is 0 Å². The minimum absolute atomic E-state index is 0.0774. The van der Waals surface area contributed by atoms with Crippen molar-refractivity contribution in [3.8, 4) is 0 Å². The van der Waals surface area contributed by atoms with Crippen LogP contribution in [0.2, 0.25) is 0 Å². The number of benzene rings is 1. The maximum Gasteiger partial charge on any atom is 0.418 e. The monoisotopic (exact) mass is 338 g/mol. The summed E-state index contributed by atoms with van der Waals surface area (Å²) in [5.74, 6) is -0.295. The van der Waals surface area contributed by atoms with Crippen molar-refractivity contribution in [1.29, 1.82) is 0 Å². The number of carbonyl (C=O) groups is 1. The van der Waals surface area contributed by atoms with E-state index in [1.165, 1.54) is 24.3 Å². The second kappa shape index (κ2) is 6.46. The summed E-state index contributed by atoms with van der Waals surface area (Å²) in [6.45, 7) is 5.80. The van der Waals surface area contributed by atoms with Crippen molar-refractivity contribution in [2.24, 2.45) is 0 Å². The van der Waals surface area contributed by atoms with Crippen LogP contribution in [0, 0.1) is 0 Å². The smallest absolute Gasteiger partial charge is 0.364 e. The highest BCUT2D eigenvalue weighted by Crippen LogP contribution is 2.34. The normalized spacial score (nSPS) is 11.9. The number of amides is 1. The molecule has 0 fully saturated rings. The lowest BCUT2D eigenvalue weighted by Gasteiger charge is -2.20. The number of para-hydroxylation sites is 1. The Morgan fingerprint density at radius 3 is 2.21 bits per heavy atom. The van der Waals surface area contributed by atoms with Crippen molar-refractivity contribution in [1.82, 2.24) is 10.2 Å². The number of carbonyl (C=O) groups excluding carboxylic acids is 1. The van der Waals surface area contributed by atoms with Gasteiger partial charge in [-0.05, 0) is 45.0 Å². The van der Waals surface area contributed by atoms with Gasteiger partial charge in [-0.3, -0.25) is 4.79 Å². The van der Waals surface area contributed by atoms with E-state index in [0.717, 1.165) is 6.07 Å². The van der Waals surface area contributed by atoms with E-state index in [9.17, 15) is 18.0 Å². The van der Waals surface area contributed by atoms with Gasteiger partial charge in [-0.25, -0.2) is 0 Å². The van der Waals surface area contributed by atoms with Crippen LogP contribution in [-0.2, 0) is 6.18 Å². The van der Waals surface area contributed by atoms with Gasteiger partial charge in [0.1, 0.15) is 5.82 Å². The Balaban J connectivity index is 2.17. The molecule has 0 radical (unpaired) electrons. The Kier molecular flexibility index (Phi) is 4.77. The zero-order valence-corrected chi connectivity index (χ0v) is 13.4. The maximum atomic E-state index is 12.9. The number of aromatic nitrogens is 2. The Bertz CT molecular complexity index is 721. The summed E-state index contributed by atoms with van der Waals surface area (Å²) in [5, 5.41) is 12.9. The molecule has 0 aliphatic heterocycles. The van der Waals surface area contributed by atoms with Crippen molar-refractivity contribution in [3.05, 3.63) is 47.7 Å². The van der Waals surface area contributed by atoms with Crippen molar-refractivity contribution < 1.29 is 18.0 Å². The van der Waals surface area contributed by atoms with E-state index in [4.69, 9.17) is 0 Å². The molecule has 2 N–H and O–H groups in total. The SMILES string of the molecule is CC(C)(C)Nc1ccc(C(=O)Nc2ccccc2C(F)(F)F)nn1. The van der Waals surface area contributed by atoms with Gasteiger partial charge in [0.05, 0.1) is 11.3 Å². The minimum Gasteiger partial charge on any atom is -0.364 e. The first kappa shape index (κ1) is 17.7. The number of alkyl halides is 3. The van der Waals surface area contributed by atoms with E-state index >= 15 is 0 Å². The topological polar surface area (TPSA) is 66.9 Å². The molecule has 5 nitrogen and oxygen atoms in total. The van der Waals surface area contributed by atoms with Gasteiger partial charge >= 0.3 is 6.18 Å². The molecule has 1 aromatic heterocycles. The summed E-state index contributed by atoms with van der Waals surface area (Å²) in [7, 11) is 0. The molecular formula is C16H17F3N4O. The molecule has 0 saturated carbocycles. The molecule has 1 heterocycles. The van der Waals surface area contributed by atoms with Gasteiger partial charge in [-0.15, -0.1) is 10.2 Å². The lowest BCUT2D eigenvalue weighted by atomic mass is 10.1. The molecule has 24 heavy (non-hydrogen) atoms. The van der Waals surface area contributed by atoms with Crippen LogP contribution in [0.3, 0.4) is 0 Å². The van der Waals surface area contributed by atoms with Crippen molar-refractivity contribution in [2.75, 3.05) is 10.6 Å². The zero-order chi connectivity index (χ0) is 18.0. The van der Waals surface area contributed by atoms with Crippen LogP contribution in [0.5, 0.6) is 0 Å². The predicted octanol–water partition coefficient (Wildman–Crippen LogP) is 3.96. The molecule has 2 rings (SSSR count). The third-order valence-electron chi connectivity index (χ3n) is 2.88. The van der Waals surface area contributed by atoms with Crippen LogP contribution in [-0.4, -0.2) is 21.6 Å². The minimum atomic E-state index is -4.56. The third-order valence-corrected chi connectivity index (χ3v) is 2.88. The number of nitrogens with one attached hydrogen (secondary N) is 2. The Hall–Kier alpha value is -2.64. The van der Waals surface area contributed by atoms with Crippen LogP contribution >= 0.6 is 0 Å². The predicted molar refractivity (Wildman–Crippen MR) is 84.8 cm³/mol. The fourth-order valence-corrected chi connectivity index (χ4v) is 1.93. The lowest BCUT2D eigenvalue weighted by molar-refractivity contribution is -0.136. The quantitative estimate of drug-likeness (QED) is 0.889. The van der Waals surface area contributed by atoms with Gasteiger partial charge < -0.3 is 10.6 Å². The summed E-state index contributed by atoms with van der Waals surface area (Å²) < 4.78 is 38.8. The Morgan fingerprint density at radius 1 is 1.00 bits per heavy atom. The van der Waals surface area contributed by atoms with Gasteiger partial charge in [0.25, 0.3) is 5.91 Å². The maximum absolute atomic E-state index is 12.9. The molecule has 0 spiro atoms. The van der Waals surface area contributed by atoms with Crippen LogP contribution in [0.25, 0.3) is 0 Å². The molecule has 0 bridgehead atoms. The second-order valence-corrected chi connectivity index (χ2v) is 6.18. The fraction of sp³-hybridized carbons (Fsp3) is 0.312. The van der Waals surface area contributed by atoms with Crippen LogP contribution in [0.4, 0.5) is 24.7 Å². The highest BCUT2D eigenvalue weighted by molar-refractivity contribution is 6.03. The van der Waals surface area contributed by atoms with Gasteiger partial charge in [0, 0.05) is 5.54 Å². The fourth-order valence-electron chi connectivity index (χ4n) is 1.93. The number of anilines is 2. The highest BCUT2D eigenvalue weighted by Gasteiger charge is 2.33. The summed E-state index contributed by atoms with van der Waals surface area (Å²) in [5.41, 5.74) is -1.55. The van der Waals surface area contributed by atoms with Gasteiger partial charge in [-0.1, -0.05) is 12.1 Å². The van der Waals surface area contributed by atoms with E-state index < -0.39 is 17.6 Å². The summed E-state index contributed by atoms with van der Waals surface area (Å²) >= 11 is 0. The molecule has 0 saturated heterocycles. The second-order valence-electron chi connectivity index (χ2n) is 6.18. The summed E-state index contributed by atoms with van der Waals surface area (Å²) in [6, 6.07) is 7.69. The molecule has 0 aliphatic carbocycles. The number of nitrogens with zero attached hydrogens (tertiary/aromatic N) is 2. The third kappa shape index (κ3) is 4.68. The molecular weight excluding hydrogens is 321 g/mol. The van der Waals surface area contributed by atoms with Gasteiger partial charge in [-0.2, -0.15) is 13.2 Å². The average Bonchev–Trinajstić information content (AvgIpc) is 2.45. The summed E-state index contributed by atoms with van der Waals surface area (Å²) in [6.07, 6.45) is -4.56. The van der Waals surface area contributed by atoms with Gasteiger partial charge in [0.2, 0.25) is 0 Å². The van der Waals surface area contributed by atoms with Crippen LogP contribution in [0.15, 0.2) is 36.4 Å². The van der Waals surface area contributed by atoms with Gasteiger partial charge in [0.15, 0.2) is 5.69 Å². The number of hydrogen-bond acceptors (Lipinski definition) is 4. The standard InChI is InChI=1S/C16H17F3N4O/c1-15(2,3)21-13-9-8-12(22-23-13)14(24)20-11-7-5-4-6-10(11)16(17,18)19/h4-9H,1-3H3,(H,20,24)(H,21,23). The summed E-state index contributed by atoms with van der Waals surface area (Å²) in [4.78, 5) is 12.1. The van der Waals surface area contributed by atoms with Crippen molar-refractivity contribution >= 4 is 17.4 Å². The first-order chi connectivity index (χ1) is 11.1. The van der Waals surface area contributed by atoms with E-state index in [0.29, 0.717) is 5.82 Å². The lowest BCUT2D eigenvalue weighted by Crippen LogP contribution is -2.27. The first-order valence-corrected chi connectivity index (χ1v) is 7.16. The number of hydrogen-bond donors (Lipinski definition) is 2. The largest absolute Gasteiger partial charge is 0.418 e. The first-order valence-electron chi connectivity index (χ1n) is 7.16. The molecule has 1 amide bonds.